The number of carbonyl (C=O) groups excluding carboxylic acids is 2. The van der Waals surface area contributed by atoms with Crippen LogP contribution in [0.1, 0.15) is 15.9 Å². The van der Waals surface area contributed by atoms with E-state index in [9.17, 15) is 9.59 Å². The van der Waals surface area contributed by atoms with Crippen molar-refractivity contribution in [1.29, 1.82) is 0 Å². The van der Waals surface area contributed by atoms with Gasteiger partial charge in [-0.05, 0) is 23.8 Å². The first-order valence-corrected chi connectivity index (χ1v) is 6.50. The molecule has 5 heteroatoms. The highest BCUT2D eigenvalue weighted by Crippen LogP contribution is 2.19. The maximum Gasteiger partial charge on any atom is 0.250 e. The van der Waals surface area contributed by atoms with Gasteiger partial charge in [0.05, 0.1) is 11.3 Å². The van der Waals surface area contributed by atoms with E-state index in [0.29, 0.717) is 17.5 Å². The summed E-state index contributed by atoms with van der Waals surface area (Å²) in [6.07, 6.45) is 3.11. The molecule has 0 spiro atoms. The van der Waals surface area contributed by atoms with Crippen molar-refractivity contribution in [1.82, 2.24) is 9.78 Å². The molecule has 1 amide bonds. The van der Waals surface area contributed by atoms with Crippen LogP contribution in [-0.2, 0) is 11.2 Å². The molecule has 0 bridgehead atoms. The van der Waals surface area contributed by atoms with E-state index in [2.05, 4.69) is 5.10 Å². The predicted octanol–water partition coefficient (Wildman–Crippen LogP) is 1.87. The Bertz CT molecular complexity index is 819. The van der Waals surface area contributed by atoms with Gasteiger partial charge in [-0.2, -0.15) is 5.10 Å². The molecule has 21 heavy (non-hydrogen) atoms. The molecule has 1 aromatic heterocycles. The molecule has 3 aromatic rings. The van der Waals surface area contributed by atoms with E-state index in [4.69, 9.17) is 5.73 Å². The van der Waals surface area contributed by atoms with Gasteiger partial charge in [-0.15, -0.1) is 0 Å². The van der Waals surface area contributed by atoms with Crippen LogP contribution in [0.4, 0.5) is 0 Å². The number of primary amides is 1. The van der Waals surface area contributed by atoms with Crippen molar-refractivity contribution in [3.05, 3.63) is 59.8 Å². The van der Waals surface area contributed by atoms with Crippen LogP contribution in [0, 0.1) is 0 Å². The van der Waals surface area contributed by atoms with Crippen LogP contribution in [0.5, 0.6) is 0 Å². The molecule has 0 unspecified atom stereocenters. The lowest BCUT2D eigenvalue weighted by atomic mass is 10.1. The quantitative estimate of drug-likeness (QED) is 0.740. The Kier molecular flexibility index (Phi) is 3.23. The molecule has 2 aromatic carbocycles. The third kappa shape index (κ3) is 2.41. The first-order chi connectivity index (χ1) is 10.2. The number of carbonyl (C=O) groups is 2. The summed E-state index contributed by atoms with van der Waals surface area (Å²) in [6, 6.07) is 12.8. The number of amides is 1. The SMILES string of the molecule is NC(=O)c1cccc2cn(-c3ccc(CC=O)cc3)nc12. The number of hydrogen-bond acceptors (Lipinski definition) is 3. The van der Waals surface area contributed by atoms with Crippen LogP contribution >= 0.6 is 0 Å². The van der Waals surface area contributed by atoms with Crippen molar-refractivity contribution in [2.45, 2.75) is 6.42 Å². The Hall–Kier alpha value is -2.95. The second-order valence-electron chi connectivity index (χ2n) is 4.72. The van der Waals surface area contributed by atoms with Gasteiger partial charge in [0.2, 0.25) is 0 Å². The van der Waals surface area contributed by atoms with Crippen LogP contribution < -0.4 is 5.73 Å². The molecule has 0 aliphatic heterocycles. The minimum Gasteiger partial charge on any atom is -0.366 e. The largest absolute Gasteiger partial charge is 0.366 e. The summed E-state index contributed by atoms with van der Waals surface area (Å²) >= 11 is 0. The lowest BCUT2D eigenvalue weighted by Gasteiger charge is -2.02. The Morgan fingerprint density at radius 1 is 1.19 bits per heavy atom. The maximum absolute atomic E-state index is 11.4. The van der Waals surface area contributed by atoms with Crippen molar-refractivity contribution in [3.63, 3.8) is 0 Å². The molecule has 0 radical (unpaired) electrons. The van der Waals surface area contributed by atoms with Gasteiger partial charge < -0.3 is 10.5 Å². The van der Waals surface area contributed by atoms with E-state index < -0.39 is 5.91 Å². The number of aldehydes is 1. The number of fused-ring (bicyclic) bond motifs is 1. The van der Waals surface area contributed by atoms with Crippen molar-refractivity contribution >= 4 is 23.1 Å². The van der Waals surface area contributed by atoms with Crippen LogP contribution in [0.2, 0.25) is 0 Å². The van der Waals surface area contributed by atoms with Crippen molar-refractivity contribution in [3.8, 4) is 5.69 Å². The Labute approximate surface area is 121 Å². The zero-order valence-corrected chi connectivity index (χ0v) is 11.2. The summed E-state index contributed by atoms with van der Waals surface area (Å²) in [4.78, 5) is 21.9. The highest BCUT2D eigenvalue weighted by Gasteiger charge is 2.10. The zero-order valence-electron chi connectivity index (χ0n) is 11.2. The van der Waals surface area contributed by atoms with E-state index in [-0.39, 0.29) is 0 Å². The molecule has 0 aliphatic carbocycles. The Balaban J connectivity index is 2.06. The molecule has 5 nitrogen and oxygen atoms in total. The molecular weight excluding hydrogens is 266 g/mol. The van der Waals surface area contributed by atoms with Gasteiger partial charge >= 0.3 is 0 Å². The Morgan fingerprint density at radius 2 is 1.95 bits per heavy atom. The van der Waals surface area contributed by atoms with Gasteiger partial charge in [0.15, 0.2) is 0 Å². The molecule has 0 saturated heterocycles. The number of nitrogens with zero attached hydrogens (tertiary/aromatic N) is 2. The fourth-order valence-corrected chi connectivity index (χ4v) is 2.26. The van der Waals surface area contributed by atoms with E-state index in [1.807, 2.05) is 36.5 Å². The second kappa shape index (κ2) is 5.20. The Morgan fingerprint density at radius 3 is 2.62 bits per heavy atom. The third-order valence-electron chi connectivity index (χ3n) is 3.32. The lowest BCUT2D eigenvalue weighted by Crippen LogP contribution is -2.11. The van der Waals surface area contributed by atoms with Gasteiger partial charge in [-0.1, -0.05) is 24.3 Å². The standard InChI is InChI=1S/C16H13N3O2/c17-16(21)14-3-1-2-12-10-19(18-15(12)14)13-6-4-11(5-7-13)8-9-20/h1-7,9-10H,8H2,(H2,17,21). The minimum atomic E-state index is -0.493. The molecule has 1 heterocycles. The molecule has 0 fully saturated rings. The molecule has 2 N–H and O–H groups in total. The van der Waals surface area contributed by atoms with Gasteiger partial charge in [-0.3, -0.25) is 4.79 Å². The van der Waals surface area contributed by atoms with Gasteiger partial charge in [-0.25, -0.2) is 4.68 Å². The van der Waals surface area contributed by atoms with Gasteiger partial charge in [0.25, 0.3) is 5.91 Å². The van der Waals surface area contributed by atoms with Crippen molar-refractivity contribution in [2.75, 3.05) is 0 Å². The average Bonchev–Trinajstić information content (AvgIpc) is 2.92. The van der Waals surface area contributed by atoms with E-state index >= 15 is 0 Å². The number of benzene rings is 2. The van der Waals surface area contributed by atoms with Crippen molar-refractivity contribution in [2.24, 2.45) is 5.73 Å². The fourth-order valence-electron chi connectivity index (χ4n) is 2.26. The van der Waals surface area contributed by atoms with E-state index in [0.717, 1.165) is 22.9 Å². The highest BCUT2D eigenvalue weighted by molar-refractivity contribution is 6.04. The summed E-state index contributed by atoms with van der Waals surface area (Å²) in [6.45, 7) is 0. The number of rotatable bonds is 4. The molecule has 104 valence electrons. The number of aromatic nitrogens is 2. The molecular formula is C16H13N3O2. The zero-order chi connectivity index (χ0) is 14.8. The fraction of sp³-hybridized carbons (Fsp3) is 0.0625. The van der Waals surface area contributed by atoms with E-state index in [1.165, 1.54) is 0 Å². The first kappa shape index (κ1) is 13.1. The summed E-state index contributed by atoms with van der Waals surface area (Å²) < 4.78 is 1.70. The maximum atomic E-state index is 11.4. The van der Waals surface area contributed by atoms with Crippen LogP contribution in [0.15, 0.2) is 48.7 Å². The first-order valence-electron chi connectivity index (χ1n) is 6.50. The summed E-state index contributed by atoms with van der Waals surface area (Å²) in [5.41, 5.74) is 8.16. The predicted molar refractivity (Wildman–Crippen MR) is 79.4 cm³/mol. The van der Waals surface area contributed by atoms with Gasteiger partial charge in [0, 0.05) is 18.0 Å². The molecule has 0 aliphatic rings. The monoisotopic (exact) mass is 279 g/mol. The molecule has 0 atom stereocenters. The lowest BCUT2D eigenvalue weighted by molar-refractivity contribution is -0.107. The third-order valence-corrected chi connectivity index (χ3v) is 3.32. The topological polar surface area (TPSA) is 78.0 Å². The molecule has 3 rings (SSSR count). The van der Waals surface area contributed by atoms with Crippen LogP contribution in [-0.4, -0.2) is 22.0 Å². The summed E-state index contributed by atoms with van der Waals surface area (Å²) in [5, 5.41) is 5.28. The summed E-state index contributed by atoms with van der Waals surface area (Å²) in [5.74, 6) is -0.493. The number of hydrogen-bond donors (Lipinski definition) is 1. The highest BCUT2D eigenvalue weighted by atomic mass is 16.1. The minimum absolute atomic E-state index is 0.396. The van der Waals surface area contributed by atoms with Gasteiger partial charge in [0.1, 0.15) is 11.8 Å². The number of nitrogens with two attached hydrogens (primary N) is 1. The molecule has 0 saturated carbocycles. The summed E-state index contributed by atoms with van der Waals surface area (Å²) in [7, 11) is 0. The normalized spacial score (nSPS) is 10.7. The van der Waals surface area contributed by atoms with Crippen LogP contribution in [0.25, 0.3) is 16.6 Å². The second-order valence-corrected chi connectivity index (χ2v) is 4.72. The average molecular weight is 279 g/mol. The smallest absolute Gasteiger partial charge is 0.250 e. The van der Waals surface area contributed by atoms with Crippen molar-refractivity contribution < 1.29 is 9.59 Å². The van der Waals surface area contributed by atoms with Crippen LogP contribution in [0.3, 0.4) is 0 Å². The van der Waals surface area contributed by atoms with E-state index in [1.54, 1.807) is 16.8 Å².